The summed E-state index contributed by atoms with van der Waals surface area (Å²) in [4.78, 5) is 0. The van der Waals surface area contributed by atoms with Gasteiger partial charge in [0, 0.05) is 0 Å². The molecule has 0 radical (unpaired) electrons. The first-order chi connectivity index (χ1) is 12.7. The first-order valence-electron chi connectivity index (χ1n) is 10.0. The Labute approximate surface area is 158 Å². The Morgan fingerprint density at radius 1 is 1.04 bits per heavy atom. The summed E-state index contributed by atoms with van der Waals surface area (Å²) in [5, 5.41) is 10.4. The zero-order valence-electron chi connectivity index (χ0n) is 15.7. The van der Waals surface area contributed by atoms with Gasteiger partial charge in [0.2, 0.25) is 0 Å². The number of benzene rings is 2. The van der Waals surface area contributed by atoms with E-state index in [1.165, 1.54) is 56.7 Å². The van der Waals surface area contributed by atoms with Crippen LogP contribution in [0.2, 0.25) is 12.1 Å². The van der Waals surface area contributed by atoms with Crippen LogP contribution in [0, 0.1) is 23.1 Å². The highest BCUT2D eigenvalue weighted by atomic mass is 28.3. The predicted octanol–water partition coefficient (Wildman–Crippen LogP) is 5.79. The Bertz CT molecular complexity index is 755. The molecule has 136 valence electrons. The molecule has 1 aliphatic heterocycles. The van der Waals surface area contributed by atoms with Gasteiger partial charge in [-0.15, -0.1) is 0 Å². The monoisotopic (exact) mass is 365 g/mol. The van der Waals surface area contributed by atoms with E-state index < -0.39 is 14.6 Å². The Balaban J connectivity index is 1.60. The lowest BCUT2D eigenvalue weighted by atomic mass is 9.96. The van der Waals surface area contributed by atoms with Crippen LogP contribution >= 0.6 is 0 Å². The summed E-state index contributed by atoms with van der Waals surface area (Å²) in [5.74, 6) is 0.524. The number of unbranched alkanes of at least 4 members (excludes halogenated alkanes) is 2. The fraction of sp³-hybridized carbons (Fsp3) is 0.435. The third kappa shape index (κ3) is 4.62. The van der Waals surface area contributed by atoms with E-state index >= 15 is 0 Å². The molecule has 0 bridgehead atoms. The van der Waals surface area contributed by atoms with Crippen LogP contribution in [0.3, 0.4) is 0 Å². The average Bonchev–Trinajstić information content (AvgIpc) is 2.69. The fourth-order valence-electron chi connectivity index (χ4n) is 4.20. The van der Waals surface area contributed by atoms with Gasteiger partial charge in [0.1, 0.15) is 11.9 Å². The maximum Gasteiger partial charge on any atom is 0.141 e. The number of hydrogen-bond acceptors (Lipinski definition) is 1. The minimum absolute atomic E-state index is 0.105. The zero-order chi connectivity index (χ0) is 18.4. The van der Waals surface area contributed by atoms with Crippen LogP contribution in [0.15, 0.2) is 42.5 Å². The molecule has 2 aromatic rings. The van der Waals surface area contributed by atoms with Crippen molar-refractivity contribution in [1.29, 1.82) is 5.26 Å². The summed E-state index contributed by atoms with van der Waals surface area (Å²) >= 11 is 0. The number of nitriles is 1. The largest absolute Gasteiger partial charge is 0.206 e. The minimum Gasteiger partial charge on any atom is -0.206 e. The van der Waals surface area contributed by atoms with E-state index in [-0.39, 0.29) is 5.56 Å². The van der Waals surface area contributed by atoms with E-state index in [1.807, 2.05) is 12.1 Å². The predicted molar refractivity (Wildman–Crippen MR) is 110 cm³/mol. The van der Waals surface area contributed by atoms with Crippen LogP contribution in [0.4, 0.5) is 4.39 Å². The van der Waals surface area contributed by atoms with Crippen LogP contribution < -0.4 is 5.19 Å². The first-order valence-corrected chi connectivity index (χ1v) is 12.2. The molecular formula is C23H28FNSi. The van der Waals surface area contributed by atoms with E-state index in [1.54, 1.807) is 11.3 Å². The third-order valence-corrected chi connectivity index (χ3v) is 9.26. The van der Waals surface area contributed by atoms with Crippen molar-refractivity contribution in [3.05, 3.63) is 53.8 Å². The molecular weight excluding hydrogens is 337 g/mol. The molecule has 0 saturated carbocycles. The lowest BCUT2D eigenvalue weighted by molar-refractivity contribution is 0.418. The standard InChI is InChI=1S/C23H28FNSi/c1-2-3-4-5-18-12-14-26(15-13-18)22-10-8-19(9-11-22)20-6-7-21(17-25)23(24)16-20/h6-11,16,18,26H,2-5,12-15H2,1H3. The number of halogens is 1. The van der Waals surface area contributed by atoms with Gasteiger partial charge in [0.15, 0.2) is 0 Å². The summed E-state index contributed by atoms with van der Waals surface area (Å²) in [6.45, 7) is 2.28. The van der Waals surface area contributed by atoms with Crippen molar-refractivity contribution in [2.75, 3.05) is 0 Å². The molecule has 1 aliphatic rings. The molecule has 3 heteroatoms. The second-order valence-electron chi connectivity index (χ2n) is 7.64. The van der Waals surface area contributed by atoms with Crippen LogP contribution in [0.5, 0.6) is 0 Å². The summed E-state index contributed by atoms with van der Waals surface area (Å²) in [7, 11) is -0.819. The normalized spacial score (nSPS) is 19.9. The van der Waals surface area contributed by atoms with Crippen LogP contribution in [0.1, 0.15) is 51.0 Å². The molecule has 0 amide bonds. The Morgan fingerprint density at radius 3 is 2.35 bits per heavy atom. The van der Waals surface area contributed by atoms with E-state index in [0.717, 1.165) is 17.0 Å². The molecule has 0 unspecified atom stereocenters. The molecule has 0 spiro atoms. The highest BCUT2D eigenvalue weighted by Crippen LogP contribution is 2.29. The lowest BCUT2D eigenvalue weighted by Gasteiger charge is -2.28. The first kappa shape index (κ1) is 18.9. The van der Waals surface area contributed by atoms with Crippen molar-refractivity contribution in [2.45, 2.75) is 57.5 Å². The van der Waals surface area contributed by atoms with E-state index in [2.05, 4.69) is 31.2 Å². The molecule has 0 aliphatic carbocycles. The summed E-state index contributed by atoms with van der Waals surface area (Å²) < 4.78 is 13.8. The second-order valence-corrected chi connectivity index (χ2v) is 10.9. The van der Waals surface area contributed by atoms with Gasteiger partial charge >= 0.3 is 0 Å². The van der Waals surface area contributed by atoms with E-state index in [4.69, 9.17) is 5.26 Å². The van der Waals surface area contributed by atoms with Crippen molar-refractivity contribution in [2.24, 2.45) is 5.92 Å². The lowest BCUT2D eigenvalue weighted by Crippen LogP contribution is -2.33. The third-order valence-electron chi connectivity index (χ3n) is 5.87. The zero-order valence-corrected chi connectivity index (χ0v) is 16.8. The van der Waals surface area contributed by atoms with Crippen molar-refractivity contribution in [3.63, 3.8) is 0 Å². The maximum absolute atomic E-state index is 13.8. The number of rotatable bonds is 6. The SMILES string of the molecule is CCCCCC1CC[SiH](c2ccc(-c3ccc(C#N)c(F)c3)cc2)CC1. The van der Waals surface area contributed by atoms with Gasteiger partial charge < -0.3 is 0 Å². The van der Waals surface area contributed by atoms with Gasteiger partial charge in [-0.2, -0.15) is 5.26 Å². The summed E-state index contributed by atoms with van der Waals surface area (Å²) in [6.07, 6.45) is 8.38. The topological polar surface area (TPSA) is 23.8 Å². The summed E-state index contributed by atoms with van der Waals surface area (Å²) in [6, 6.07) is 18.4. The Kier molecular flexibility index (Phi) is 6.63. The van der Waals surface area contributed by atoms with Crippen molar-refractivity contribution >= 4 is 14.0 Å². The quantitative estimate of drug-likeness (QED) is 0.469. The van der Waals surface area contributed by atoms with Gasteiger partial charge in [-0.25, -0.2) is 4.39 Å². The van der Waals surface area contributed by atoms with E-state index in [9.17, 15) is 4.39 Å². The Hall–Kier alpha value is -1.92. The molecule has 3 rings (SSSR count). The number of hydrogen-bond donors (Lipinski definition) is 0. The van der Waals surface area contributed by atoms with Gasteiger partial charge in [-0.05, 0) is 29.2 Å². The fourth-order valence-corrected chi connectivity index (χ4v) is 7.64. The van der Waals surface area contributed by atoms with Crippen LogP contribution in [-0.4, -0.2) is 8.80 Å². The van der Waals surface area contributed by atoms with Crippen molar-refractivity contribution in [1.82, 2.24) is 0 Å². The highest BCUT2D eigenvalue weighted by Gasteiger charge is 2.23. The highest BCUT2D eigenvalue weighted by molar-refractivity contribution is 6.73. The molecule has 1 nitrogen and oxygen atoms in total. The van der Waals surface area contributed by atoms with Crippen LogP contribution in [0.25, 0.3) is 11.1 Å². The van der Waals surface area contributed by atoms with Crippen molar-refractivity contribution in [3.8, 4) is 17.2 Å². The maximum atomic E-state index is 13.8. The minimum atomic E-state index is -0.819. The molecule has 1 saturated heterocycles. The van der Waals surface area contributed by atoms with Gasteiger partial charge in [-0.3, -0.25) is 0 Å². The molecule has 1 fully saturated rings. The van der Waals surface area contributed by atoms with Gasteiger partial charge in [-0.1, -0.05) is 93.1 Å². The van der Waals surface area contributed by atoms with E-state index in [0.29, 0.717) is 0 Å². The summed E-state index contributed by atoms with van der Waals surface area (Å²) in [5.41, 5.74) is 1.97. The van der Waals surface area contributed by atoms with Crippen LogP contribution in [-0.2, 0) is 0 Å². The number of nitrogens with zero attached hydrogens (tertiary/aromatic N) is 1. The van der Waals surface area contributed by atoms with Gasteiger partial charge in [0.25, 0.3) is 0 Å². The molecule has 26 heavy (non-hydrogen) atoms. The molecule has 1 heterocycles. The van der Waals surface area contributed by atoms with Gasteiger partial charge in [0.05, 0.1) is 14.4 Å². The van der Waals surface area contributed by atoms with Crippen molar-refractivity contribution < 1.29 is 4.39 Å². The smallest absolute Gasteiger partial charge is 0.141 e. The average molecular weight is 366 g/mol. The molecule has 2 aromatic carbocycles. The molecule has 0 aromatic heterocycles. The molecule has 0 atom stereocenters. The second kappa shape index (κ2) is 9.14. The molecule has 0 N–H and O–H groups in total. The Morgan fingerprint density at radius 2 is 1.73 bits per heavy atom.